The summed E-state index contributed by atoms with van der Waals surface area (Å²) in [7, 11) is 1.75. The quantitative estimate of drug-likeness (QED) is 0.250. The Labute approximate surface area is 214 Å². The molecule has 3 N–H and O–H groups in total. The zero-order chi connectivity index (χ0) is 24.9. The van der Waals surface area contributed by atoms with Gasteiger partial charge >= 0.3 is 0 Å². The fourth-order valence-electron chi connectivity index (χ4n) is 5.67. The molecular formula is C30H40N3O3+. The molecule has 2 aliphatic rings. The zero-order valence-corrected chi connectivity index (χ0v) is 21.8. The summed E-state index contributed by atoms with van der Waals surface area (Å²) in [5, 5.41) is 6.16. The molecule has 3 heterocycles. The van der Waals surface area contributed by atoms with Gasteiger partial charge in [-0.3, -0.25) is 0 Å². The number of hydrogen-bond donors (Lipinski definition) is 2. The predicted octanol–water partition coefficient (Wildman–Crippen LogP) is 5.75. The van der Waals surface area contributed by atoms with Crippen molar-refractivity contribution < 1.29 is 18.8 Å². The summed E-state index contributed by atoms with van der Waals surface area (Å²) in [4.78, 5) is 0. The molecule has 0 radical (unpaired) electrons. The Hall–Kier alpha value is -2.99. The van der Waals surface area contributed by atoms with Gasteiger partial charge in [-0.1, -0.05) is 39.0 Å². The van der Waals surface area contributed by atoms with Gasteiger partial charge in [-0.05, 0) is 61.0 Å². The van der Waals surface area contributed by atoms with E-state index in [4.69, 9.17) is 19.9 Å². The molecule has 192 valence electrons. The molecule has 0 fully saturated rings. The van der Waals surface area contributed by atoms with Crippen LogP contribution in [0.3, 0.4) is 0 Å². The average molecular weight is 491 g/mol. The third-order valence-electron chi connectivity index (χ3n) is 7.55. The van der Waals surface area contributed by atoms with Crippen LogP contribution in [0, 0.1) is 0 Å². The Morgan fingerprint density at radius 3 is 2.61 bits per heavy atom. The molecule has 6 nitrogen and oxygen atoms in total. The minimum Gasteiger partial charge on any atom is -0.495 e. The van der Waals surface area contributed by atoms with E-state index in [1.54, 1.807) is 7.11 Å². The minimum absolute atomic E-state index is 0.304. The van der Waals surface area contributed by atoms with Crippen LogP contribution in [0.2, 0.25) is 0 Å². The lowest BCUT2D eigenvalue weighted by atomic mass is 9.89. The highest BCUT2D eigenvalue weighted by molar-refractivity contribution is 6.00. The number of unbranched alkanes of at least 4 members (excludes halogenated alkanes) is 5. The van der Waals surface area contributed by atoms with Crippen molar-refractivity contribution in [2.45, 2.75) is 71.3 Å². The van der Waals surface area contributed by atoms with Crippen molar-refractivity contribution in [3.05, 3.63) is 41.6 Å². The lowest BCUT2D eigenvalue weighted by molar-refractivity contribution is -0.686. The van der Waals surface area contributed by atoms with Crippen LogP contribution in [-0.2, 0) is 19.4 Å². The van der Waals surface area contributed by atoms with Crippen LogP contribution in [0.15, 0.2) is 30.5 Å². The average Bonchev–Trinajstić information content (AvgIpc) is 3.36. The summed E-state index contributed by atoms with van der Waals surface area (Å²) in [6.07, 6.45) is 13.0. The Morgan fingerprint density at radius 2 is 1.81 bits per heavy atom. The fraction of sp³-hybridized carbons (Fsp3) is 0.500. The molecule has 0 unspecified atom stereocenters. The van der Waals surface area contributed by atoms with Crippen molar-refractivity contribution >= 4 is 16.5 Å². The fourth-order valence-corrected chi connectivity index (χ4v) is 5.67. The van der Waals surface area contributed by atoms with Gasteiger partial charge in [-0.15, -0.1) is 0 Å². The molecule has 0 amide bonds. The summed E-state index contributed by atoms with van der Waals surface area (Å²) >= 11 is 0. The molecule has 0 atom stereocenters. The van der Waals surface area contributed by atoms with Crippen molar-refractivity contribution in [2.24, 2.45) is 5.73 Å². The second kappa shape index (κ2) is 11.4. The number of anilines is 1. The van der Waals surface area contributed by atoms with Gasteiger partial charge in [0.2, 0.25) is 12.5 Å². The van der Waals surface area contributed by atoms with Crippen LogP contribution >= 0.6 is 0 Å². The van der Waals surface area contributed by atoms with Crippen molar-refractivity contribution in [1.82, 2.24) is 0 Å². The molecule has 36 heavy (non-hydrogen) atoms. The van der Waals surface area contributed by atoms with Crippen LogP contribution < -0.4 is 29.8 Å². The molecule has 0 aliphatic carbocycles. The van der Waals surface area contributed by atoms with E-state index < -0.39 is 0 Å². The molecule has 0 bridgehead atoms. The first-order valence-corrected chi connectivity index (χ1v) is 13.7. The molecule has 2 aromatic carbocycles. The number of fused-ring (bicyclic) bond motifs is 5. The van der Waals surface area contributed by atoms with E-state index in [1.165, 1.54) is 71.7 Å². The topological polar surface area (TPSA) is 69.6 Å². The minimum atomic E-state index is 0.304. The largest absolute Gasteiger partial charge is 0.495 e. The SMILES string of the molecule is CCCCCCCCc1c2[n+](cc3c(NCCCN)c(OC)ccc13)CCc1cc3c(cc1-2)OCO3. The van der Waals surface area contributed by atoms with Gasteiger partial charge in [-0.2, -0.15) is 4.57 Å². The number of pyridine rings is 1. The number of hydrogen-bond acceptors (Lipinski definition) is 5. The molecule has 0 spiro atoms. The normalized spacial score (nSPS) is 13.5. The van der Waals surface area contributed by atoms with E-state index in [2.05, 4.69) is 47.3 Å². The summed E-state index contributed by atoms with van der Waals surface area (Å²) in [5.74, 6) is 2.61. The van der Waals surface area contributed by atoms with Crippen molar-refractivity contribution in [3.63, 3.8) is 0 Å². The number of nitrogens with two attached hydrogens (primary N) is 1. The van der Waals surface area contributed by atoms with Crippen LogP contribution in [0.5, 0.6) is 17.2 Å². The second-order valence-corrected chi connectivity index (χ2v) is 9.95. The van der Waals surface area contributed by atoms with Gasteiger partial charge in [-0.25, -0.2) is 0 Å². The Kier molecular flexibility index (Phi) is 7.81. The Balaban J connectivity index is 1.61. The number of aromatic nitrogens is 1. The summed E-state index contributed by atoms with van der Waals surface area (Å²) < 4.78 is 19.7. The number of benzene rings is 2. The Morgan fingerprint density at radius 1 is 1.00 bits per heavy atom. The second-order valence-electron chi connectivity index (χ2n) is 9.95. The molecule has 3 aromatic rings. The monoisotopic (exact) mass is 490 g/mol. The van der Waals surface area contributed by atoms with Crippen LogP contribution in [0.25, 0.3) is 22.0 Å². The van der Waals surface area contributed by atoms with Crippen molar-refractivity contribution in [1.29, 1.82) is 0 Å². The van der Waals surface area contributed by atoms with Crippen LogP contribution in [0.4, 0.5) is 5.69 Å². The third kappa shape index (κ3) is 4.83. The highest BCUT2D eigenvalue weighted by Gasteiger charge is 2.32. The standard InChI is InChI=1S/C30H39N3O3/c1-3-4-5-6-7-8-10-23-22-11-12-26(34-2)29(32-15-9-14-31)25(22)19-33-16-13-21-17-27-28(36-20-35-27)18-24(21)30(23)33/h11-12,17-19H,3-10,13-16,20,31H2,1-2H3/p+1. The number of methoxy groups -OCH3 is 1. The number of nitrogens with zero attached hydrogens (tertiary/aromatic N) is 1. The molecule has 1 aromatic heterocycles. The highest BCUT2D eigenvalue weighted by atomic mass is 16.7. The number of nitrogens with one attached hydrogen (secondary N) is 1. The van der Waals surface area contributed by atoms with Gasteiger partial charge in [0.25, 0.3) is 0 Å². The van der Waals surface area contributed by atoms with E-state index in [9.17, 15) is 0 Å². The van der Waals surface area contributed by atoms with E-state index in [0.717, 1.165) is 55.3 Å². The summed E-state index contributed by atoms with van der Waals surface area (Å²) in [5.41, 5.74) is 12.2. The first kappa shape index (κ1) is 24.7. The van der Waals surface area contributed by atoms with Crippen LogP contribution in [0.1, 0.15) is 63.0 Å². The smallest absolute Gasteiger partial charge is 0.231 e. The van der Waals surface area contributed by atoms with Gasteiger partial charge < -0.3 is 25.3 Å². The van der Waals surface area contributed by atoms with E-state index in [0.29, 0.717) is 13.3 Å². The van der Waals surface area contributed by atoms with E-state index in [1.807, 2.05) is 0 Å². The molecule has 6 heteroatoms. The lowest BCUT2D eigenvalue weighted by Gasteiger charge is -2.21. The van der Waals surface area contributed by atoms with E-state index in [-0.39, 0.29) is 0 Å². The first-order chi connectivity index (χ1) is 17.7. The maximum absolute atomic E-state index is 5.78. The molecular weight excluding hydrogens is 450 g/mol. The Bertz CT molecular complexity index is 1220. The van der Waals surface area contributed by atoms with Gasteiger partial charge in [0.15, 0.2) is 24.2 Å². The molecule has 0 saturated carbocycles. The van der Waals surface area contributed by atoms with Crippen LogP contribution in [-0.4, -0.2) is 27.0 Å². The number of aryl methyl sites for hydroxylation is 3. The summed E-state index contributed by atoms with van der Waals surface area (Å²) in [6.45, 7) is 5.02. The van der Waals surface area contributed by atoms with E-state index >= 15 is 0 Å². The molecule has 2 aliphatic heterocycles. The zero-order valence-electron chi connectivity index (χ0n) is 21.8. The van der Waals surface area contributed by atoms with Gasteiger partial charge in [0.05, 0.1) is 23.7 Å². The van der Waals surface area contributed by atoms with Gasteiger partial charge in [0, 0.05) is 18.5 Å². The summed E-state index contributed by atoms with van der Waals surface area (Å²) in [6, 6.07) is 8.74. The first-order valence-electron chi connectivity index (χ1n) is 13.7. The maximum Gasteiger partial charge on any atom is 0.231 e. The number of rotatable bonds is 12. The maximum atomic E-state index is 5.78. The lowest BCUT2D eigenvalue weighted by Crippen LogP contribution is -2.41. The number of ether oxygens (including phenoxy) is 3. The third-order valence-corrected chi connectivity index (χ3v) is 7.55. The highest BCUT2D eigenvalue weighted by Crippen LogP contribution is 2.43. The van der Waals surface area contributed by atoms with Crippen molar-refractivity contribution in [3.8, 4) is 28.5 Å². The molecule has 5 rings (SSSR count). The van der Waals surface area contributed by atoms with Gasteiger partial charge in [0.1, 0.15) is 5.75 Å². The van der Waals surface area contributed by atoms with Crippen molar-refractivity contribution in [2.75, 3.05) is 32.3 Å². The predicted molar refractivity (Wildman–Crippen MR) is 145 cm³/mol. The molecule has 0 saturated heterocycles.